The molecule has 1 N–H and O–H groups in total. The van der Waals surface area contributed by atoms with E-state index < -0.39 is 17.3 Å². The molecule has 7 nitrogen and oxygen atoms in total. The Kier molecular flexibility index (Phi) is 7.38. The van der Waals surface area contributed by atoms with Crippen molar-refractivity contribution in [3.05, 3.63) is 18.0 Å². The summed E-state index contributed by atoms with van der Waals surface area (Å²) in [7, 11) is 0. The maximum absolute atomic E-state index is 13.8. The van der Waals surface area contributed by atoms with Crippen LogP contribution in [0.15, 0.2) is 12.3 Å². The van der Waals surface area contributed by atoms with E-state index in [0.29, 0.717) is 44.2 Å². The molecule has 1 amide bonds. The number of aromatic nitrogens is 2. The Bertz CT molecular complexity index is 859. The number of alkyl halides is 3. The van der Waals surface area contributed by atoms with Crippen molar-refractivity contribution in [3.63, 3.8) is 0 Å². The number of hydrogen-bond donors (Lipinski definition) is 1. The lowest BCUT2D eigenvalue weighted by Crippen LogP contribution is -2.55. The first-order valence-electron chi connectivity index (χ1n) is 12.4. The minimum atomic E-state index is -4.51. The van der Waals surface area contributed by atoms with Crippen LogP contribution >= 0.6 is 0 Å². The Morgan fingerprint density at radius 2 is 1.97 bits per heavy atom. The molecular weight excluding hydrogens is 447 g/mol. The van der Waals surface area contributed by atoms with Gasteiger partial charge in [-0.2, -0.15) is 13.2 Å². The zero-order valence-corrected chi connectivity index (χ0v) is 20.3. The summed E-state index contributed by atoms with van der Waals surface area (Å²) in [5.74, 6) is 0.918. The molecule has 10 heteroatoms. The maximum atomic E-state index is 13.8. The highest BCUT2D eigenvalue weighted by atomic mass is 19.4. The van der Waals surface area contributed by atoms with Crippen LogP contribution < -0.4 is 10.2 Å². The minimum Gasteiger partial charge on any atom is -0.381 e. The molecule has 2 saturated heterocycles. The van der Waals surface area contributed by atoms with Gasteiger partial charge in [0.25, 0.3) is 0 Å². The van der Waals surface area contributed by atoms with Gasteiger partial charge in [0.15, 0.2) is 0 Å². The van der Waals surface area contributed by atoms with Crippen molar-refractivity contribution in [1.82, 2.24) is 20.2 Å². The topological polar surface area (TPSA) is 70.6 Å². The van der Waals surface area contributed by atoms with Crippen LogP contribution in [0.4, 0.5) is 19.1 Å². The van der Waals surface area contributed by atoms with Crippen LogP contribution in [0.5, 0.6) is 0 Å². The molecule has 0 bridgehead atoms. The number of nitrogens with one attached hydrogen (secondary N) is 1. The lowest BCUT2D eigenvalue weighted by molar-refractivity contribution is -0.145. The van der Waals surface area contributed by atoms with E-state index in [2.05, 4.69) is 36.1 Å². The first kappa shape index (κ1) is 25.2. The van der Waals surface area contributed by atoms with Crippen molar-refractivity contribution in [2.75, 3.05) is 44.3 Å². The van der Waals surface area contributed by atoms with Gasteiger partial charge in [0.1, 0.15) is 5.69 Å². The minimum absolute atomic E-state index is 0.0659. The van der Waals surface area contributed by atoms with Gasteiger partial charge in [0.2, 0.25) is 11.9 Å². The average Bonchev–Trinajstić information content (AvgIpc) is 3.25. The smallest absolute Gasteiger partial charge is 0.381 e. The quantitative estimate of drug-likeness (QED) is 0.693. The third kappa shape index (κ3) is 5.17. The fourth-order valence-electron chi connectivity index (χ4n) is 5.70. The van der Waals surface area contributed by atoms with Gasteiger partial charge < -0.3 is 19.9 Å². The summed E-state index contributed by atoms with van der Waals surface area (Å²) in [5.41, 5.74) is -1.35. The number of carbonyl (C=O) groups excluding carboxylic acids is 1. The highest BCUT2D eigenvalue weighted by Gasteiger charge is 2.50. The summed E-state index contributed by atoms with van der Waals surface area (Å²) in [6.07, 6.45) is 0.294. The summed E-state index contributed by atoms with van der Waals surface area (Å²) in [6, 6.07) is 1.62. The van der Waals surface area contributed by atoms with Crippen LogP contribution in [0.25, 0.3) is 0 Å². The number of ether oxygens (including phenoxy) is 1. The van der Waals surface area contributed by atoms with Crippen molar-refractivity contribution in [2.24, 2.45) is 17.3 Å². The molecule has 3 heterocycles. The molecule has 4 unspecified atom stereocenters. The van der Waals surface area contributed by atoms with Crippen LogP contribution in [-0.2, 0) is 15.7 Å². The number of piperazine rings is 1. The normalized spacial score (nSPS) is 30.7. The zero-order chi connectivity index (χ0) is 24.5. The highest BCUT2D eigenvalue weighted by molar-refractivity contribution is 5.83. The molecule has 1 aliphatic carbocycles. The second-order valence-electron chi connectivity index (χ2n) is 10.4. The molecular formula is C24H36F3N5O2. The van der Waals surface area contributed by atoms with E-state index in [1.807, 2.05) is 4.90 Å². The molecule has 190 valence electrons. The standard InChI is InChI=1S/C24H36F3N5O2/c1-16(2)23(7-4-18(14-23)29-19-6-13-34-15-17(19)3)21(33)31-9-11-32(12-10-31)22-28-8-5-20(30-22)24(25,26)27/h5,8,16-19,29H,4,6-7,9-15H2,1-3H3. The summed E-state index contributed by atoms with van der Waals surface area (Å²) >= 11 is 0. The third-order valence-electron chi connectivity index (χ3n) is 7.95. The number of carbonyl (C=O) groups is 1. The Hall–Kier alpha value is -1.94. The molecule has 1 aromatic rings. The summed E-state index contributed by atoms with van der Waals surface area (Å²) < 4.78 is 44.6. The molecule has 1 aromatic heterocycles. The largest absolute Gasteiger partial charge is 0.433 e. The van der Waals surface area contributed by atoms with Gasteiger partial charge >= 0.3 is 6.18 Å². The van der Waals surface area contributed by atoms with E-state index in [-0.39, 0.29) is 17.8 Å². The first-order valence-corrected chi connectivity index (χ1v) is 12.4. The van der Waals surface area contributed by atoms with Gasteiger partial charge in [-0.25, -0.2) is 9.97 Å². The van der Waals surface area contributed by atoms with Crippen molar-refractivity contribution in [1.29, 1.82) is 0 Å². The van der Waals surface area contributed by atoms with E-state index in [9.17, 15) is 18.0 Å². The number of anilines is 1. The number of nitrogens with zero attached hydrogens (tertiary/aromatic N) is 4. The highest BCUT2D eigenvalue weighted by Crippen LogP contribution is 2.46. The molecule has 34 heavy (non-hydrogen) atoms. The monoisotopic (exact) mass is 483 g/mol. The van der Waals surface area contributed by atoms with Gasteiger partial charge in [-0.05, 0) is 43.6 Å². The molecule has 0 radical (unpaired) electrons. The first-order chi connectivity index (χ1) is 16.1. The van der Waals surface area contributed by atoms with Gasteiger partial charge in [-0.3, -0.25) is 4.79 Å². The Labute approximate surface area is 199 Å². The molecule has 3 aliphatic rings. The lowest BCUT2D eigenvalue weighted by Gasteiger charge is -2.42. The predicted molar refractivity (Wildman–Crippen MR) is 122 cm³/mol. The molecule has 0 spiro atoms. The maximum Gasteiger partial charge on any atom is 0.433 e. The van der Waals surface area contributed by atoms with Crippen molar-refractivity contribution in [2.45, 2.75) is 64.7 Å². The molecule has 4 rings (SSSR count). The van der Waals surface area contributed by atoms with E-state index in [1.165, 1.54) is 0 Å². The Balaban J connectivity index is 1.38. The number of rotatable bonds is 5. The van der Waals surface area contributed by atoms with Crippen LogP contribution in [-0.4, -0.2) is 72.3 Å². The van der Waals surface area contributed by atoms with Gasteiger partial charge in [0.05, 0.1) is 12.0 Å². The number of hydrogen-bond acceptors (Lipinski definition) is 6. The summed E-state index contributed by atoms with van der Waals surface area (Å²) in [5, 5.41) is 3.81. The van der Waals surface area contributed by atoms with Crippen molar-refractivity contribution in [3.8, 4) is 0 Å². The number of amides is 1. The second-order valence-corrected chi connectivity index (χ2v) is 10.4. The van der Waals surface area contributed by atoms with Crippen LogP contribution in [0.3, 0.4) is 0 Å². The average molecular weight is 484 g/mol. The predicted octanol–water partition coefficient (Wildman–Crippen LogP) is 3.35. The third-order valence-corrected chi connectivity index (χ3v) is 7.95. The van der Waals surface area contributed by atoms with E-state index in [1.54, 1.807) is 4.90 Å². The van der Waals surface area contributed by atoms with Crippen LogP contribution in [0.1, 0.15) is 52.1 Å². The number of halogens is 3. The fourth-order valence-corrected chi connectivity index (χ4v) is 5.70. The molecule has 2 aliphatic heterocycles. The van der Waals surface area contributed by atoms with Gasteiger partial charge in [-0.1, -0.05) is 20.8 Å². The van der Waals surface area contributed by atoms with E-state index in [0.717, 1.165) is 51.2 Å². The van der Waals surface area contributed by atoms with Crippen LogP contribution in [0.2, 0.25) is 0 Å². The fraction of sp³-hybridized carbons (Fsp3) is 0.792. The molecule has 0 aromatic carbocycles. The van der Waals surface area contributed by atoms with Crippen molar-refractivity contribution >= 4 is 11.9 Å². The summed E-state index contributed by atoms with van der Waals surface area (Å²) in [6.45, 7) is 9.78. The SMILES string of the molecule is CC1COCCC1NC1CCC(C(=O)N2CCN(c3nccc(C(F)(F)F)n3)CC2)(C(C)C)C1. The molecule has 3 fully saturated rings. The summed E-state index contributed by atoms with van der Waals surface area (Å²) in [4.78, 5) is 25.1. The van der Waals surface area contributed by atoms with Gasteiger partial charge in [0, 0.05) is 51.1 Å². The lowest BCUT2D eigenvalue weighted by atomic mass is 9.74. The Morgan fingerprint density at radius 1 is 1.24 bits per heavy atom. The second kappa shape index (κ2) is 9.97. The van der Waals surface area contributed by atoms with E-state index in [4.69, 9.17) is 4.74 Å². The van der Waals surface area contributed by atoms with Crippen LogP contribution in [0, 0.1) is 17.3 Å². The van der Waals surface area contributed by atoms with Gasteiger partial charge in [-0.15, -0.1) is 0 Å². The zero-order valence-electron chi connectivity index (χ0n) is 20.3. The molecule has 1 saturated carbocycles. The molecule has 4 atom stereocenters. The van der Waals surface area contributed by atoms with Crippen molar-refractivity contribution < 1.29 is 22.7 Å². The van der Waals surface area contributed by atoms with E-state index >= 15 is 0 Å². The Morgan fingerprint density at radius 3 is 2.62 bits per heavy atom.